The summed E-state index contributed by atoms with van der Waals surface area (Å²) in [6, 6.07) is 20.3. The van der Waals surface area contributed by atoms with Crippen molar-refractivity contribution in [2.24, 2.45) is 7.05 Å². The molecule has 0 fully saturated rings. The number of pyridine rings is 1. The highest BCUT2D eigenvalue weighted by atomic mass is 19.4. The number of benzene rings is 3. The van der Waals surface area contributed by atoms with Crippen LogP contribution < -0.4 is 15.4 Å². The number of ether oxygens (including phenoxy) is 1. The van der Waals surface area contributed by atoms with Crippen molar-refractivity contribution in [1.82, 2.24) is 19.9 Å². The summed E-state index contributed by atoms with van der Waals surface area (Å²) in [5.41, 5.74) is 0.867. The normalized spacial score (nSPS) is 11.9. The Labute approximate surface area is 249 Å². The van der Waals surface area contributed by atoms with Gasteiger partial charge in [0, 0.05) is 30.8 Å². The molecule has 0 bridgehead atoms. The molecule has 8 nitrogen and oxygen atoms in total. The summed E-state index contributed by atoms with van der Waals surface area (Å²) in [4.78, 5) is 35.0. The van der Waals surface area contributed by atoms with Gasteiger partial charge in [-0.1, -0.05) is 6.07 Å². The Hall–Kier alpha value is -5.52. The van der Waals surface area contributed by atoms with E-state index in [0.29, 0.717) is 22.9 Å². The number of aryl methyl sites for hydroxylation is 1. The van der Waals surface area contributed by atoms with E-state index in [-0.39, 0.29) is 23.6 Å². The molecule has 5 rings (SSSR count). The molecular weight excluding hydrogens is 578 g/mol. The van der Waals surface area contributed by atoms with Crippen molar-refractivity contribution in [3.05, 3.63) is 126 Å². The minimum Gasteiger partial charge on any atom is -0.457 e. The second-order valence-corrected chi connectivity index (χ2v) is 9.81. The van der Waals surface area contributed by atoms with Gasteiger partial charge in [-0.3, -0.25) is 9.59 Å². The Balaban J connectivity index is 1.30. The van der Waals surface area contributed by atoms with Gasteiger partial charge in [0.25, 0.3) is 5.91 Å². The van der Waals surface area contributed by atoms with E-state index < -0.39 is 29.6 Å². The van der Waals surface area contributed by atoms with Crippen LogP contribution in [0, 0.1) is 5.82 Å². The second-order valence-electron chi connectivity index (χ2n) is 9.81. The van der Waals surface area contributed by atoms with E-state index in [2.05, 4.69) is 20.6 Å². The largest absolute Gasteiger partial charge is 0.457 e. The first kappa shape index (κ1) is 30.0. The van der Waals surface area contributed by atoms with Gasteiger partial charge in [0.1, 0.15) is 29.2 Å². The molecule has 0 aliphatic carbocycles. The fourth-order valence-corrected chi connectivity index (χ4v) is 4.25. The topological polar surface area (TPSA) is 98.1 Å². The zero-order valence-corrected chi connectivity index (χ0v) is 23.2. The van der Waals surface area contributed by atoms with E-state index in [1.54, 1.807) is 66.6 Å². The van der Waals surface area contributed by atoms with Gasteiger partial charge in [-0.25, -0.2) is 14.4 Å². The number of imidazole rings is 1. The van der Waals surface area contributed by atoms with Crippen molar-refractivity contribution in [2.45, 2.75) is 18.6 Å². The predicted octanol–water partition coefficient (Wildman–Crippen LogP) is 6.41. The van der Waals surface area contributed by atoms with Crippen molar-refractivity contribution < 1.29 is 31.9 Å². The lowest BCUT2D eigenvalue weighted by Crippen LogP contribution is -2.45. The maximum Gasteiger partial charge on any atom is 0.416 e. The van der Waals surface area contributed by atoms with Crippen LogP contribution >= 0.6 is 0 Å². The Morgan fingerprint density at radius 2 is 1.57 bits per heavy atom. The molecule has 1 unspecified atom stereocenters. The van der Waals surface area contributed by atoms with E-state index >= 15 is 0 Å². The summed E-state index contributed by atoms with van der Waals surface area (Å²) in [5, 5.41) is 5.31. The molecule has 0 aliphatic heterocycles. The van der Waals surface area contributed by atoms with Crippen LogP contribution in [0.5, 0.6) is 11.5 Å². The Bertz CT molecular complexity index is 1750. The fourth-order valence-electron chi connectivity index (χ4n) is 4.25. The standard InChI is InChI=1S/C32H25F4N5O3/c1-41-18-24(37-19-41)17-28(39-30(42)21-5-9-22(10-6-21)32(34,35)36)31(43)40-29-4-2-3-27(38-29)20-7-13-25(14-8-20)44-26-15-11-23(33)12-16-26/h2-16,18-19,28H,17H2,1H3,(H,39,42)(H,38,40,43). The van der Waals surface area contributed by atoms with Gasteiger partial charge >= 0.3 is 6.18 Å². The van der Waals surface area contributed by atoms with Gasteiger partial charge in [-0.15, -0.1) is 0 Å². The quantitative estimate of drug-likeness (QED) is 0.190. The summed E-state index contributed by atoms with van der Waals surface area (Å²) in [6.07, 6.45) is -1.29. The molecule has 12 heteroatoms. The number of carbonyl (C=O) groups is 2. The molecule has 0 saturated carbocycles. The molecule has 44 heavy (non-hydrogen) atoms. The molecule has 0 saturated heterocycles. The molecule has 2 amide bonds. The van der Waals surface area contributed by atoms with E-state index in [1.807, 2.05) is 0 Å². The number of anilines is 1. The van der Waals surface area contributed by atoms with Gasteiger partial charge in [-0.2, -0.15) is 13.2 Å². The molecule has 5 aromatic rings. The number of carbonyl (C=O) groups excluding carboxylic acids is 2. The van der Waals surface area contributed by atoms with Crippen molar-refractivity contribution >= 4 is 17.6 Å². The zero-order valence-electron chi connectivity index (χ0n) is 23.2. The van der Waals surface area contributed by atoms with Crippen LogP contribution in [0.1, 0.15) is 21.6 Å². The Kier molecular flexibility index (Phi) is 8.70. The molecule has 0 spiro atoms. The molecule has 3 aromatic carbocycles. The highest BCUT2D eigenvalue weighted by Gasteiger charge is 2.30. The summed E-state index contributed by atoms with van der Waals surface area (Å²) >= 11 is 0. The Morgan fingerprint density at radius 1 is 0.909 bits per heavy atom. The van der Waals surface area contributed by atoms with Crippen LogP contribution in [-0.4, -0.2) is 32.4 Å². The van der Waals surface area contributed by atoms with Crippen LogP contribution in [0.15, 0.2) is 104 Å². The molecule has 0 radical (unpaired) electrons. The third kappa shape index (κ3) is 7.65. The summed E-state index contributed by atoms with van der Waals surface area (Å²) in [5.74, 6) is -0.453. The summed E-state index contributed by atoms with van der Waals surface area (Å²) in [6.45, 7) is 0. The lowest BCUT2D eigenvalue weighted by Gasteiger charge is -2.18. The van der Waals surface area contributed by atoms with Crippen LogP contribution in [0.25, 0.3) is 11.3 Å². The molecule has 0 aliphatic rings. The molecule has 2 heterocycles. The number of rotatable bonds is 9. The second kappa shape index (κ2) is 12.8. The maximum absolute atomic E-state index is 13.4. The van der Waals surface area contributed by atoms with E-state index in [4.69, 9.17) is 4.74 Å². The number of hydrogen-bond donors (Lipinski definition) is 2. The van der Waals surface area contributed by atoms with Gasteiger partial charge in [0.05, 0.1) is 23.3 Å². The highest BCUT2D eigenvalue weighted by Crippen LogP contribution is 2.29. The summed E-state index contributed by atoms with van der Waals surface area (Å²) < 4.78 is 59.4. The maximum atomic E-state index is 13.4. The predicted molar refractivity (Wildman–Crippen MR) is 154 cm³/mol. The zero-order chi connectivity index (χ0) is 31.3. The lowest BCUT2D eigenvalue weighted by atomic mass is 10.1. The minimum absolute atomic E-state index is 0.0221. The molecule has 2 N–H and O–H groups in total. The molecule has 224 valence electrons. The third-order valence-electron chi connectivity index (χ3n) is 6.47. The number of amides is 2. The lowest BCUT2D eigenvalue weighted by molar-refractivity contribution is -0.137. The number of alkyl halides is 3. The number of hydrogen-bond acceptors (Lipinski definition) is 5. The van der Waals surface area contributed by atoms with Crippen LogP contribution in [0.2, 0.25) is 0 Å². The van der Waals surface area contributed by atoms with Gasteiger partial charge in [-0.05, 0) is 84.9 Å². The first-order chi connectivity index (χ1) is 21.0. The SMILES string of the molecule is Cn1cnc(CC(NC(=O)c2ccc(C(F)(F)F)cc2)C(=O)Nc2cccc(-c3ccc(Oc4ccc(F)cc4)cc3)n2)c1. The minimum atomic E-state index is -4.54. The van der Waals surface area contributed by atoms with Crippen molar-refractivity contribution in [1.29, 1.82) is 0 Å². The van der Waals surface area contributed by atoms with Gasteiger partial charge < -0.3 is 19.9 Å². The fraction of sp³-hybridized carbons (Fsp3) is 0.125. The first-order valence-electron chi connectivity index (χ1n) is 13.3. The average molecular weight is 604 g/mol. The van der Waals surface area contributed by atoms with E-state index in [0.717, 1.165) is 29.8 Å². The van der Waals surface area contributed by atoms with Crippen LogP contribution in [0.4, 0.5) is 23.4 Å². The van der Waals surface area contributed by atoms with Gasteiger partial charge in [0.15, 0.2) is 0 Å². The average Bonchev–Trinajstić information content (AvgIpc) is 3.42. The first-order valence-corrected chi connectivity index (χ1v) is 13.3. The van der Waals surface area contributed by atoms with Crippen LogP contribution in [0.3, 0.4) is 0 Å². The highest BCUT2D eigenvalue weighted by molar-refractivity contribution is 6.01. The number of nitrogens with one attached hydrogen (secondary N) is 2. The van der Waals surface area contributed by atoms with E-state index in [1.165, 1.54) is 24.3 Å². The molecule has 1 atom stereocenters. The number of aromatic nitrogens is 3. The molecular formula is C32H25F4N5O3. The summed E-state index contributed by atoms with van der Waals surface area (Å²) in [7, 11) is 1.75. The monoisotopic (exact) mass is 603 g/mol. The van der Waals surface area contributed by atoms with Gasteiger partial charge in [0.2, 0.25) is 5.91 Å². The van der Waals surface area contributed by atoms with Crippen molar-refractivity contribution in [3.8, 4) is 22.8 Å². The van der Waals surface area contributed by atoms with Crippen molar-refractivity contribution in [3.63, 3.8) is 0 Å². The number of nitrogens with zero attached hydrogens (tertiary/aromatic N) is 3. The number of halogens is 4. The molecule has 2 aromatic heterocycles. The third-order valence-corrected chi connectivity index (χ3v) is 6.47. The Morgan fingerprint density at radius 3 is 2.18 bits per heavy atom. The smallest absolute Gasteiger partial charge is 0.416 e. The van der Waals surface area contributed by atoms with Crippen LogP contribution in [-0.2, 0) is 24.4 Å². The van der Waals surface area contributed by atoms with Crippen molar-refractivity contribution in [2.75, 3.05) is 5.32 Å². The van der Waals surface area contributed by atoms with E-state index in [9.17, 15) is 27.2 Å².